The van der Waals surface area contributed by atoms with Gasteiger partial charge in [0.15, 0.2) is 0 Å². The van der Waals surface area contributed by atoms with Crippen LogP contribution in [0.5, 0.6) is 0 Å². The van der Waals surface area contributed by atoms with Gasteiger partial charge in [0, 0.05) is 25.2 Å². The van der Waals surface area contributed by atoms with Crippen molar-refractivity contribution in [2.75, 3.05) is 26.9 Å². The van der Waals surface area contributed by atoms with Gasteiger partial charge in [-0.05, 0) is 18.6 Å². The van der Waals surface area contributed by atoms with Gasteiger partial charge in [-0.1, -0.05) is 13.8 Å². The summed E-state index contributed by atoms with van der Waals surface area (Å²) in [5, 5.41) is 3.33. The number of hydrogen-bond donors (Lipinski definition) is 1. The van der Waals surface area contributed by atoms with Crippen LogP contribution >= 0.6 is 0 Å². The fourth-order valence-corrected chi connectivity index (χ4v) is 1.79. The van der Waals surface area contributed by atoms with E-state index in [4.69, 9.17) is 4.74 Å². The van der Waals surface area contributed by atoms with Crippen molar-refractivity contribution in [1.82, 2.24) is 10.2 Å². The highest BCUT2D eigenvalue weighted by Gasteiger charge is 2.16. The minimum absolute atomic E-state index is 1.00. The molecule has 1 aliphatic heterocycles. The van der Waals surface area contributed by atoms with E-state index in [1.165, 1.54) is 5.70 Å². The minimum Gasteiger partial charge on any atom is -0.501 e. The summed E-state index contributed by atoms with van der Waals surface area (Å²) in [5.41, 5.74) is 1.44. The molecule has 0 aromatic carbocycles. The van der Waals surface area contributed by atoms with E-state index in [0.717, 1.165) is 38.4 Å². The third-order valence-corrected chi connectivity index (χ3v) is 2.62. The lowest BCUT2D eigenvalue weighted by molar-refractivity contribution is 0.270. The number of methoxy groups -OCH3 is 1. The van der Waals surface area contributed by atoms with Gasteiger partial charge < -0.3 is 9.64 Å². The van der Waals surface area contributed by atoms with Crippen LogP contribution in [0.25, 0.3) is 0 Å². The maximum atomic E-state index is 5.18. The van der Waals surface area contributed by atoms with Gasteiger partial charge in [-0.3, -0.25) is 5.32 Å². The van der Waals surface area contributed by atoms with E-state index in [-0.39, 0.29) is 0 Å². The smallest absolute Gasteiger partial charge is 0.0959 e. The van der Waals surface area contributed by atoms with Gasteiger partial charge in [0.1, 0.15) is 0 Å². The highest BCUT2D eigenvalue weighted by atomic mass is 16.5. The lowest BCUT2D eigenvalue weighted by atomic mass is 10.1. The number of ether oxygens (including phenoxy) is 1. The second-order valence-corrected chi connectivity index (χ2v) is 3.42. The number of nitrogens with zero attached hydrogens (tertiary/aromatic N) is 1. The van der Waals surface area contributed by atoms with Crippen molar-refractivity contribution in [2.24, 2.45) is 0 Å². The van der Waals surface area contributed by atoms with E-state index in [0.29, 0.717) is 0 Å². The summed E-state index contributed by atoms with van der Waals surface area (Å²) in [7, 11) is 1.74. The van der Waals surface area contributed by atoms with Gasteiger partial charge in [0.2, 0.25) is 0 Å². The largest absolute Gasteiger partial charge is 0.501 e. The maximum absolute atomic E-state index is 5.18. The molecule has 0 saturated carbocycles. The standard InChI is InChI=1S/C10H16N2O.C2H6/c1-13-10-4-2-9(3-5-10)12-7-6-11-8-12;1-2/h2,4,11H,3,5-8H2,1H3;1-2H3. The monoisotopic (exact) mass is 210 g/mol. The lowest BCUT2D eigenvalue weighted by Crippen LogP contribution is -2.22. The third kappa shape index (κ3) is 3.27. The topological polar surface area (TPSA) is 24.5 Å². The molecule has 0 bridgehead atoms. The summed E-state index contributed by atoms with van der Waals surface area (Å²) >= 11 is 0. The Balaban J connectivity index is 0.000000531. The van der Waals surface area contributed by atoms with Crippen LogP contribution in [0.1, 0.15) is 26.7 Å². The summed E-state index contributed by atoms with van der Waals surface area (Å²) in [6.07, 6.45) is 6.41. The summed E-state index contributed by atoms with van der Waals surface area (Å²) in [5.74, 6) is 1.09. The van der Waals surface area contributed by atoms with E-state index in [1.807, 2.05) is 13.8 Å². The molecular formula is C12H22N2O. The van der Waals surface area contributed by atoms with Gasteiger partial charge in [0.25, 0.3) is 0 Å². The lowest BCUT2D eigenvalue weighted by Gasteiger charge is -2.23. The van der Waals surface area contributed by atoms with E-state index in [9.17, 15) is 0 Å². The van der Waals surface area contributed by atoms with Gasteiger partial charge in [0.05, 0.1) is 19.5 Å². The van der Waals surface area contributed by atoms with Crippen molar-refractivity contribution in [3.63, 3.8) is 0 Å². The normalized spacial score (nSPS) is 20.1. The molecule has 0 aromatic heterocycles. The Bertz CT molecular complexity index is 240. The van der Waals surface area contributed by atoms with Crippen LogP contribution < -0.4 is 5.32 Å². The first-order valence-electron chi connectivity index (χ1n) is 5.79. The van der Waals surface area contributed by atoms with Crippen molar-refractivity contribution >= 4 is 0 Å². The molecule has 1 fully saturated rings. The molecule has 3 nitrogen and oxygen atoms in total. The molecule has 86 valence electrons. The fourth-order valence-electron chi connectivity index (χ4n) is 1.79. The summed E-state index contributed by atoms with van der Waals surface area (Å²) < 4.78 is 5.18. The zero-order valence-electron chi connectivity index (χ0n) is 10.0. The molecule has 1 N–H and O–H groups in total. The average molecular weight is 210 g/mol. The quantitative estimate of drug-likeness (QED) is 0.755. The van der Waals surface area contributed by atoms with Crippen LogP contribution in [-0.4, -0.2) is 31.8 Å². The molecule has 2 aliphatic rings. The molecule has 0 amide bonds. The highest BCUT2D eigenvalue weighted by molar-refractivity contribution is 5.20. The Morgan fingerprint density at radius 1 is 1.27 bits per heavy atom. The SMILES string of the molecule is CC.COC1=CC=C(N2CCNC2)CC1. The second-order valence-electron chi connectivity index (χ2n) is 3.42. The average Bonchev–Trinajstić information content (AvgIpc) is 2.85. The van der Waals surface area contributed by atoms with Crippen molar-refractivity contribution < 1.29 is 4.74 Å². The molecule has 3 heteroatoms. The van der Waals surface area contributed by atoms with E-state index >= 15 is 0 Å². The van der Waals surface area contributed by atoms with E-state index in [1.54, 1.807) is 7.11 Å². The van der Waals surface area contributed by atoms with E-state index in [2.05, 4.69) is 22.4 Å². The third-order valence-electron chi connectivity index (χ3n) is 2.62. The predicted octanol–water partition coefficient (Wildman–Crippen LogP) is 2.08. The van der Waals surface area contributed by atoms with Crippen LogP contribution in [0.3, 0.4) is 0 Å². The first-order valence-corrected chi connectivity index (χ1v) is 5.79. The zero-order valence-corrected chi connectivity index (χ0v) is 10.0. The minimum atomic E-state index is 1.00. The predicted molar refractivity (Wildman–Crippen MR) is 63.3 cm³/mol. The first-order chi connectivity index (χ1) is 7.40. The van der Waals surface area contributed by atoms with E-state index < -0.39 is 0 Å². The van der Waals surface area contributed by atoms with Crippen LogP contribution in [0.15, 0.2) is 23.6 Å². The van der Waals surface area contributed by atoms with Crippen LogP contribution in [-0.2, 0) is 4.74 Å². The molecule has 0 atom stereocenters. The Morgan fingerprint density at radius 3 is 2.53 bits per heavy atom. The van der Waals surface area contributed by atoms with Gasteiger partial charge >= 0.3 is 0 Å². The summed E-state index contributed by atoms with van der Waals surface area (Å²) in [6, 6.07) is 0. The Kier molecular flexibility index (Phi) is 5.26. The summed E-state index contributed by atoms with van der Waals surface area (Å²) in [6.45, 7) is 7.25. The number of rotatable bonds is 2. The molecular weight excluding hydrogens is 188 g/mol. The molecule has 1 saturated heterocycles. The van der Waals surface area contributed by atoms with Crippen molar-refractivity contribution in [2.45, 2.75) is 26.7 Å². The summed E-state index contributed by atoms with van der Waals surface area (Å²) in [4.78, 5) is 2.39. The van der Waals surface area contributed by atoms with Crippen molar-refractivity contribution in [3.05, 3.63) is 23.6 Å². The second kappa shape index (κ2) is 6.51. The van der Waals surface area contributed by atoms with Crippen molar-refractivity contribution in [3.8, 4) is 0 Å². The number of allylic oxidation sites excluding steroid dienone is 4. The van der Waals surface area contributed by atoms with Crippen LogP contribution in [0.2, 0.25) is 0 Å². The van der Waals surface area contributed by atoms with Gasteiger partial charge in [-0.2, -0.15) is 0 Å². The Hall–Kier alpha value is -0.960. The maximum Gasteiger partial charge on any atom is 0.0959 e. The Morgan fingerprint density at radius 2 is 2.07 bits per heavy atom. The fraction of sp³-hybridized carbons (Fsp3) is 0.667. The molecule has 2 rings (SSSR count). The number of hydrogen-bond acceptors (Lipinski definition) is 3. The first kappa shape index (κ1) is 12.1. The molecule has 1 heterocycles. The molecule has 0 radical (unpaired) electrons. The van der Waals surface area contributed by atoms with Gasteiger partial charge in [-0.25, -0.2) is 0 Å². The number of nitrogens with one attached hydrogen (secondary N) is 1. The van der Waals surface area contributed by atoms with Crippen LogP contribution in [0, 0.1) is 0 Å². The molecule has 0 unspecified atom stereocenters. The molecule has 15 heavy (non-hydrogen) atoms. The molecule has 1 aliphatic carbocycles. The highest BCUT2D eigenvalue weighted by Crippen LogP contribution is 2.21. The van der Waals surface area contributed by atoms with Gasteiger partial charge in [-0.15, -0.1) is 0 Å². The molecule has 0 aromatic rings. The Labute approximate surface area is 92.8 Å². The molecule has 0 spiro atoms. The zero-order chi connectivity index (χ0) is 11.1. The van der Waals surface area contributed by atoms with Crippen molar-refractivity contribution in [1.29, 1.82) is 0 Å². The van der Waals surface area contributed by atoms with Crippen LogP contribution in [0.4, 0.5) is 0 Å².